The van der Waals surface area contributed by atoms with Gasteiger partial charge in [-0.1, -0.05) is 12.2 Å². The number of amides is 1. The normalized spacial score (nSPS) is 15.6. The summed E-state index contributed by atoms with van der Waals surface area (Å²) in [5, 5.41) is 8.28. The number of fused-ring (bicyclic) bond motifs is 6. The van der Waals surface area contributed by atoms with Crippen LogP contribution in [-0.2, 0) is 11.3 Å². The number of aromatic nitrogens is 5. The number of carbonyl (C=O) groups excluding carboxylic acids is 1. The number of carbonyl (C=O) groups is 1. The average Bonchev–Trinajstić information content (AvgIpc) is 3.52. The Kier molecular flexibility index (Phi) is 6.82. The van der Waals surface area contributed by atoms with Crippen molar-refractivity contribution in [3.63, 3.8) is 0 Å². The maximum atomic E-state index is 13.6. The number of aromatic amines is 1. The molecule has 7 rings (SSSR count). The first-order chi connectivity index (χ1) is 21.0. The number of allylic oxidation sites excluding steroid dienone is 2. The lowest BCUT2D eigenvalue weighted by atomic mass is 10.1. The molecule has 5 heterocycles. The monoisotopic (exact) mass is 579 g/mol. The van der Waals surface area contributed by atoms with Gasteiger partial charge in [-0.25, -0.2) is 14.3 Å². The Bertz CT molecular complexity index is 1930. The summed E-state index contributed by atoms with van der Waals surface area (Å²) in [7, 11) is 4.11. The lowest BCUT2D eigenvalue weighted by molar-refractivity contribution is -0.121. The smallest absolute Gasteiger partial charge is 0.278 e. The molecule has 2 aliphatic heterocycles. The molecule has 0 atom stereocenters. The van der Waals surface area contributed by atoms with Crippen LogP contribution in [0, 0.1) is 0 Å². The van der Waals surface area contributed by atoms with Crippen LogP contribution in [0.3, 0.4) is 0 Å². The molecule has 0 unspecified atom stereocenters. The number of nitrogens with one attached hydrogen (secondary N) is 3. The van der Waals surface area contributed by atoms with Crippen LogP contribution in [0.25, 0.3) is 27.6 Å². The van der Waals surface area contributed by atoms with E-state index in [0.717, 1.165) is 48.2 Å². The Morgan fingerprint density at radius 2 is 2.00 bits per heavy atom. The third-order valence-electron chi connectivity index (χ3n) is 7.82. The number of likely N-dealkylation sites (N-methyl/N-ethyl adjacent to an activating group) is 1. The van der Waals surface area contributed by atoms with Crippen LogP contribution in [0.4, 0.5) is 23.0 Å². The highest BCUT2D eigenvalue weighted by molar-refractivity contribution is 5.98. The van der Waals surface area contributed by atoms with Gasteiger partial charge >= 0.3 is 0 Å². The maximum absolute atomic E-state index is 13.6. The molecule has 1 amide bonds. The van der Waals surface area contributed by atoms with Crippen molar-refractivity contribution < 1.29 is 9.53 Å². The fraction of sp³-hybridized carbons (Fsp3) is 0.290. The fourth-order valence-corrected chi connectivity index (χ4v) is 5.64. The molecule has 12 nitrogen and oxygen atoms in total. The zero-order valence-corrected chi connectivity index (χ0v) is 24.1. The average molecular weight is 580 g/mol. The van der Waals surface area contributed by atoms with E-state index in [-0.39, 0.29) is 18.1 Å². The van der Waals surface area contributed by atoms with Crippen molar-refractivity contribution in [3.8, 4) is 11.4 Å². The predicted molar refractivity (Wildman–Crippen MR) is 168 cm³/mol. The Hall–Kier alpha value is -5.10. The molecule has 5 aromatic rings. The summed E-state index contributed by atoms with van der Waals surface area (Å²) < 4.78 is 9.17. The SMILES string of the molecule is CN(C)CCNc1c[nH]c2cc(Nc3ncc4c(=O)n5n(c4n3)-c3ccc4c(c3)N(CCC/C=C\C5)C(=O)CO4)ccc12. The van der Waals surface area contributed by atoms with Gasteiger partial charge in [-0.15, -0.1) is 0 Å². The molecule has 220 valence electrons. The number of anilines is 4. The number of hydrogen-bond donors (Lipinski definition) is 3. The molecular formula is C31H33N9O3. The van der Waals surface area contributed by atoms with Crippen LogP contribution in [0.1, 0.15) is 12.8 Å². The van der Waals surface area contributed by atoms with Crippen molar-refractivity contribution in [3.05, 3.63) is 71.3 Å². The molecule has 0 saturated carbocycles. The van der Waals surface area contributed by atoms with E-state index in [1.807, 2.05) is 42.6 Å². The maximum Gasteiger partial charge on any atom is 0.278 e. The Balaban J connectivity index is 1.26. The highest BCUT2D eigenvalue weighted by Crippen LogP contribution is 2.35. The van der Waals surface area contributed by atoms with E-state index < -0.39 is 0 Å². The third-order valence-corrected chi connectivity index (χ3v) is 7.82. The number of H-pyrrole nitrogens is 1. The van der Waals surface area contributed by atoms with E-state index in [1.165, 1.54) is 0 Å². The molecule has 0 spiro atoms. The van der Waals surface area contributed by atoms with Gasteiger partial charge in [0.1, 0.15) is 11.1 Å². The van der Waals surface area contributed by atoms with Crippen molar-refractivity contribution in [2.24, 2.45) is 0 Å². The summed E-state index contributed by atoms with van der Waals surface area (Å²) in [4.78, 5) is 42.9. The minimum absolute atomic E-state index is 0.0180. The molecule has 2 aliphatic rings. The standard InChI is InChI=1S/C31H33N9O3/c1-37(2)14-11-32-25-18-33-24-15-20(7-9-22(24)25)35-31-34-17-23-29(36-31)40-21-8-10-27-26(16-21)38(28(41)19-43-27)12-5-3-4-6-13-39(40)30(23)42/h4,6-10,15-18,32-33H,3,5,11-14,19H2,1-2H3,(H,34,35,36)/b6-4-. The summed E-state index contributed by atoms with van der Waals surface area (Å²) in [6.07, 6.45) is 9.18. The van der Waals surface area contributed by atoms with Crippen molar-refractivity contribution in [2.45, 2.75) is 19.4 Å². The Morgan fingerprint density at radius 1 is 1.09 bits per heavy atom. The van der Waals surface area contributed by atoms with E-state index >= 15 is 0 Å². The van der Waals surface area contributed by atoms with E-state index in [4.69, 9.17) is 9.72 Å². The topological polar surface area (TPSA) is 125 Å². The molecule has 0 radical (unpaired) electrons. The number of benzene rings is 2. The molecule has 3 N–H and O–H groups in total. The van der Waals surface area contributed by atoms with Crippen molar-refractivity contribution in [2.75, 3.05) is 55.9 Å². The summed E-state index contributed by atoms with van der Waals surface area (Å²) in [6, 6.07) is 11.7. The molecular weight excluding hydrogens is 546 g/mol. The van der Waals surface area contributed by atoms with Gasteiger partial charge in [0.15, 0.2) is 12.3 Å². The zero-order chi connectivity index (χ0) is 29.5. The van der Waals surface area contributed by atoms with Crippen molar-refractivity contribution in [1.29, 1.82) is 0 Å². The van der Waals surface area contributed by atoms with Gasteiger partial charge < -0.3 is 30.2 Å². The van der Waals surface area contributed by atoms with Gasteiger partial charge in [0, 0.05) is 48.6 Å². The molecule has 0 fully saturated rings. The molecule has 3 aromatic heterocycles. The first-order valence-electron chi connectivity index (χ1n) is 14.4. The van der Waals surface area contributed by atoms with E-state index in [1.54, 1.807) is 20.5 Å². The number of nitrogens with zero attached hydrogens (tertiary/aromatic N) is 6. The minimum Gasteiger partial charge on any atom is -0.482 e. The first-order valence-corrected chi connectivity index (χ1v) is 14.4. The Labute approximate surface area is 247 Å². The summed E-state index contributed by atoms with van der Waals surface area (Å²) in [6.45, 7) is 2.77. The molecule has 12 heteroatoms. The predicted octanol–water partition coefficient (Wildman–Crippen LogP) is 3.86. The lowest BCUT2D eigenvalue weighted by Gasteiger charge is -2.30. The van der Waals surface area contributed by atoms with E-state index in [2.05, 4.69) is 51.7 Å². The van der Waals surface area contributed by atoms with E-state index in [0.29, 0.717) is 47.2 Å². The second kappa shape index (κ2) is 11.0. The number of hydrogen-bond acceptors (Lipinski definition) is 8. The molecule has 43 heavy (non-hydrogen) atoms. The highest BCUT2D eigenvalue weighted by Gasteiger charge is 2.27. The summed E-state index contributed by atoms with van der Waals surface area (Å²) >= 11 is 0. The Morgan fingerprint density at radius 3 is 2.88 bits per heavy atom. The van der Waals surface area contributed by atoms with Gasteiger partial charge in [0.25, 0.3) is 11.5 Å². The summed E-state index contributed by atoms with van der Waals surface area (Å²) in [5.41, 5.74) is 4.52. The van der Waals surface area contributed by atoms with Crippen LogP contribution in [0.15, 0.2) is 65.7 Å². The first kappa shape index (κ1) is 26.8. The van der Waals surface area contributed by atoms with Gasteiger partial charge in [-0.3, -0.25) is 9.59 Å². The van der Waals surface area contributed by atoms with Gasteiger partial charge in [0.05, 0.1) is 23.6 Å². The third kappa shape index (κ3) is 4.99. The van der Waals surface area contributed by atoms with Gasteiger partial charge in [0.2, 0.25) is 5.95 Å². The summed E-state index contributed by atoms with van der Waals surface area (Å²) in [5.74, 6) is 0.933. The van der Waals surface area contributed by atoms with Gasteiger partial charge in [-0.2, -0.15) is 4.98 Å². The van der Waals surface area contributed by atoms with Gasteiger partial charge in [-0.05, 0) is 63.3 Å². The largest absolute Gasteiger partial charge is 0.482 e. The highest BCUT2D eigenvalue weighted by atomic mass is 16.5. The fourth-order valence-electron chi connectivity index (χ4n) is 5.64. The zero-order valence-electron chi connectivity index (χ0n) is 24.1. The lowest BCUT2D eigenvalue weighted by Crippen LogP contribution is -2.39. The number of rotatable bonds is 6. The quantitative estimate of drug-likeness (QED) is 0.259. The minimum atomic E-state index is -0.188. The van der Waals surface area contributed by atoms with Crippen molar-refractivity contribution in [1.82, 2.24) is 29.2 Å². The van der Waals surface area contributed by atoms with Crippen LogP contribution in [0.2, 0.25) is 0 Å². The molecule has 0 saturated heterocycles. The van der Waals surface area contributed by atoms with Crippen molar-refractivity contribution >= 4 is 50.9 Å². The van der Waals surface area contributed by atoms with Crippen LogP contribution < -0.4 is 25.8 Å². The molecule has 0 aliphatic carbocycles. The van der Waals surface area contributed by atoms with Crippen LogP contribution in [-0.4, -0.2) is 75.5 Å². The molecule has 2 aromatic carbocycles. The molecule has 2 bridgehead atoms. The number of ether oxygens (including phenoxy) is 1. The second-order valence-corrected chi connectivity index (χ2v) is 11.0. The van der Waals surface area contributed by atoms with Crippen LogP contribution >= 0.6 is 0 Å². The van der Waals surface area contributed by atoms with Crippen LogP contribution in [0.5, 0.6) is 5.75 Å². The second-order valence-electron chi connectivity index (χ2n) is 11.0. The van der Waals surface area contributed by atoms with E-state index in [9.17, 15) is 9.59 Å².